The summed E-state index contributed by atoms with van der Waals surface area (Å²) in [5, 5.41) is 3.63. The molecule has 0 spiro atoms. The van der Waals surface area contributed by atoms with Crippen molar-refractivity contribution in [3.8, 4) is 5.75 Å². The molecule has 1 N–H and O–H groups in total. The minimum absolute atomic E-state index is 0.0945. The lowest BCUT2D eigenvalue weighted by Gasteiger charge is -2.35. The van der Waals surface area contributed by atoms with Gasteiger partial charge in [-0.05, 0) is 67.5 Å². The predicted molar refractivity (Wildman–Crippen MR) is 129 cm³/mol. The van der Waals surface area contributed by atoms with Crippen molar-refractivity contribution < 1.29 is 23.9 Å². The van der Waals surface area contributed by atoms with Crippen LogP contribution in [-0.4, -0.2) is 40.7 Å². The molecule has 2 aromatic carbocycles. The molecule has 2 heterocycles. The number of hydrogen-bond acceptors (Lipinski definition) is 5. The molecule has 182 valence electrons. The smallest absolute Gasteiger partial charge is 0.262 e. The number of carbonyl (C=O) groups excluding carboxylic acids is 4. The Kier molecular flexibility index (Phi) is 5.58. The predicted octanol–water partition coefficient (Wildman–Crippen LogP) is 4.37. The van der Waals surface area contributed by atoms with Crippen LogP contribution in [0.4, 0.5) is 0 Å². The number of piperidine rings is 1. The van der Waals surface area contributed by atoms with E-state index < -0.39 is 23.8 Å². The van der Waals surface area contributed by atoms with E-state index in [1.165, 1.54) is 38.5 Å². The maximum absolute atomic E-state index is 13.6. The fraction of sp³-hybridized carbons (Fsp3) is 0.500. The second-order valence-electron chi connectivity index (χ2n) is 10.5. The highest BCUT2D eigenvalue weighted by molar-refractivity contribution is 6.27. The topological polar surface area (TPSA) is 92.8 Å². The first kappa shape index (κ1) is 22.3. The molecule has 0 aromatic heterocycles. The molecule has 2 aromatic rings. The Morgan fingerprint density at radius 3 is 2.26 bits per heavy atom. The summed E-state index contributed by atoms with van der Waals surface area (Å²) in [6.07, 6.45) is 10.2. The van der Waals surface area contributed by atoms with Crippen molar-refractivity contribution in [3.05, 3.63) is 41.5 Å². The van der Waals surface area contributed by atoms with Crippen LogP contribution in [0.2, 0.25) is 0 Å². The van der Waals surface area contributed by atoms with Crippen LogP contribution in [-0.2, 0) is 9.59 Å². The molecule has 0 bridgehead atoms. The summed E-state index contributed by atoms with van der Waals surface area (Å²) in [5.41, 5.74) is 0.766. The average molecular weight is 475 g/mol. The molecule has 4 aliphatic rings. The maximum Gasteiger partial charge on any atom is 0.262 e. The Balaban J connectivity index is 1.27. The van der Waals surface area contributed by atoms with Crippen LogP contribution in [0.1, 0.15) is 84.9 Å². The number of amides is 4. The minimum Gasteiger partial charge on any atom is -0.490 e. The van der Waals surface area contributed by atoms with Crippen LogP contribution in [0, 0.1) is 11.8 Å². The highest BCUT2D eigenvalue weighted by Gasteiger charge is 2.43. The molecule has 0 radical (unpaired) electrons. The van der Waals surface area contributed by atoms with Crippen LogP contribution in [0.5, 0.6) is 5.75 Å². The van der Waals surface area contributed by atoms with E-state index in [1.807, 2.05) is 12.1 Å². The van der Waals surface area contributed by atoms with Crippen molar-refractivity contribution in [2.75, 3.05) is 0 Å². The normalized spacial score (nSPS) is 27.4. The molecule has 2 aliphatic carbocycles. The molecule has 6 rings (SSSR count). The molecule has 1 unspecified atom stereocenters. The van der Waals surface area contributed by atoms with E-state index in [9.17, 15) is 19.2 Å². The van der Waals surface area contributed by atoms with Gasteiger partial charge in [0.2, 0.25) is 11.8 Å². The summed E-state index contributed by atoms with van der Waals surface area (Å²) in [6, 6.07) is 8.00. The lowest BCUT2D eigenvalue weighted by Crippen LogP contribution is -2.57. The zero-order chi connectivity index (χ0) is 24.1. The zero-order valence-electron chi connectivity index (χ0n) is 19.8. The Morgan fingerprint density at radius 2 is 1.51 bits per heavy atom. The van der Waals surface area contributed by atoms with E-state index in [2.05, 4.69) is 5.32 Å². The second kappa shape index (κ2) is 8.77. The van der Waals surface area contributed by atoms with Crippen molar-refractivity contribution in [1.82, 2.24) is 10.2 Å². The molecule has 35 heavy (non-hydrogen) atoms. The number of hydrogen-bond donors (Lipinski definition) is 1. The number of carbonyl (C=O) groups is 4. The SMILES string of the molecule is O=C1CCC(N2C(=O)c3cccc4cc(OC5CCC(C6CCCC6)CC5)cc(c34)C2=O)C(=O)N1. The molecule has 1 atom stereocenters. The molecule has 7 heteroatoms. The van der Waals surface area contributed by atoms with Gasteiger partial charge in [0.25, 0.3) is 11.8 Å². The van der Waals surface area contributed by atoms with Crippen molar-refractivity contribution in [2.24, 2.45) is 11.8 Å². The van der Waals surface area contributed by atoms with Gasteiger partial charge in [-0.25, -0.2) is 0 Å². The first-order valence-electron chi connectivity index (χ1n) is 12.9. The Bertz CT molecular complexity index is 1220. The lowest BCUT2D eigenvalue weighted by atomic mass is 9.78. The van der Waals surface area contributed by atoms with Crippen LogP contribution in [0.3, 0.4) is 0 Å². The Morgan fingerprint density at radius 1 is 0.800 bits per heavy atom. The molecule has 2 saturated carbocycles. The number of nitrogens with zero attached hydrogens (tertiary/aromatic N) is 1. The third kappa shape index (κ3) is 3.91. The minimum atomic E-state index is -0.994. The van der Waals surface area contributed by atoms with E-state index in [0.717, 1.165) is 35.0 Å². The quantitative estimate of drug-likeness (QED) is 0.665. The fourth-order valence-electron chi connectivity index (χ4n) is 6.68. The Labute approximate surface area is 204 Å². The van der Waals surface area contributed by atoms with Gasteiger partial charge in [0.15, 0.2) is 0 Å². The largest absolute Gasteiger partial charge is 0.490 e. The summed E-state index contributed by atoms with van der Waals surface area (Å²) < 4.78 is 6.39. The summed E-state index contributed by atoms with van der Waals surface area (Å²) >= 11 is 0. The van der Waals surface area contributed by atoms with Gasteiger partial charge in [-0.15, -0.1) is 0 Å². The van der Waals surface area contributed by atoms with Gasteiger partial charge in [-0.2, -0.15) is 0 Å². The summed E-state index contributed by atoms with van der Waals surface area (Å²) in [4.78, 5) is 52.0. The summed E-state index contributed by atoms with van der Waals surface area (Å²) in [5.74, 6) is 0.319. The van der Waals surface area contributed by atoms with Crippen molar-refractivity contribution >= 4 is 34.4 Å². The Hall–Kier alpha value is -3.22. The van der Waals surface area contributed by atoms with E-state index in [-0.39, 0.29) is 24.9 Å². The third-order valence-corrected chi connectivity index (χ3v) is 8.46. The van der Waals surface area contributed by atoms with Crippen molar-refractivity contribution in [1.29, 1.82) is 0 Å². The molecule has 1 saturated heterocycles. The molecular weight excluding hydrogens is 444 g/mol. The first-order valence-corrected chi connectivity index (χ1v) is 12.9. The fourth-order valence-corrected chi connectivity index (χ4v) is 6.68. The number of nitrogens with one attached hydrogen (secondary N) is 1. The standard InChI is InChI=1S/C28H30N2O5/c31-24-13-12-23(26(32)29-24)30-27(33)21-7-3-6-18-14-20(15-22(25(18)21)28(30)34)35-19-10-8-17(9-11-19)16-4-1-2-5-16/h3,6-7,14-17,19,23H,1-2,4-5,8-13H2,(H,29,31,32). The van der Waals surface area contributed by atoms with Crippen LogP contribution in [0.15, 0.2) is 30.3 Å². The molecule has 3 fully saturated rings. The molecule has 4 amide bonds. The maximum atomic E-state index is 13.6. The van der Waals surface area contributed by atoms with Crippen LogP contribution < -0.4 is 10.1 Å². The van der Waals surface area contributed by atoms with Gasteiger partial charge in [-0.1, -0.05) is 37.8 Å². The number of ether oxygens (including phenoxy) is 1. The van der Waals surface area contributed by atoms with E-state index in [0.29, 0.717) is 22.3 Å². The summed E-state index contributed by atoms with van der Waals surface area (Å²) in [6.45, 7) is 0. The van der Waals surface area contributed by atoms with E-state index in [4.69, 9.17) is 4.74 Å². The van der Waals surface area contributed by atoms with Gasteiger partial charge in [0, 0.05) is 17.4 Å². The average Bonchev–Trinajstić information content (AvgIpc) is 3.39. The van der Waals surface area contributed by atoms with Gasteiger partial charge in [-0.3, -0.25) is 29.4 Å². The highest BCUT2D eigenvalue weighted by Crippen LogP contribution is 2.41. The number of imide groups is 2. The summed E-state index contributed by atoms with van der Waals surface area (Å²) in [7, 11) is 0. The molecule has 2 aliphatic heterocycles. The van der Waals surface area contributed by atoms with Gasteiger partial charge >= 0.3 is 0 Å². The van der Waals surface area contributed by atoms with Crippen LogP contribution in [0.25, 0.3) is 10.8 Å². The van der Waals surface area contributed by atoms with Gasteiger partial charge in [0.05, 0.1) is 11.7 Å². The molecule has 7 nitrogen and oxygen atoms in total. The van der Waals surface area contributed by atoms with Gasteiger partial charge < -0.3 is 4.74 Å². The first-order chi connectivity index (χ1) is 17.0. The second-order valence-corrected chi connectivity index (χ2v) is 10.5. The van der Waals surface area contributed by atoms with E-state index in [1.54, 1.807) is 18.2 Å². The van der Waals surface area contributed by atoms with Crippen molar-refractivity contribution in [3.63, 3.8) is 0 Å². The monoisotopic (exact) mass is 474 g/mol. The van der Waals surface area contributed by atoms with E-state index >= 15 is 0 Å². The molecular formula is C28H30N2O5. The third-order valence-electron chi connectivity index (χ3n) is 8.46. The number of benzene rings is 2. The highest BCUT2D eigenvalue weighted by atomic mass is 16.5. The van der Waals surface area contributed by atoms with Crippen molar-refractivity contribution in [2.45, 2.75) is 76.4 Å². The number of rotatable bonds is 4. The zero-order valence-corrected chi connectivity index (χ0v) is 19.8. The lowest BCUT2D eigenvalue weighted by molar-refractivity contribution is -0.136. The van der Waals surface area contributed by atoms with Crippen LogP contribution >= 0.6 is 0 Å². The van der Waals surface area contributed by atoms with Gasteiger partial charge in [0.1, 0.15) is 11.8 Å².